The van der Waals surface area contributed by atoms with Crippen LogP contribution in [0.4, 0.5) is 0 Å². The Morgan fingerprint density at radius 3 is 1.50 bits per heavy atom. The van der Waals surface area contributed by atoms with Crippen molar-refractivity contribution in [1.29, 1.82) is 0 Å². The van der Waals surface area contributed by atoms with E-state index in [2.05, 4.69) is 12.6 Å². The normalized spacial score (nSPS) is 12.2. The highest BCUT2D eigenvalue weighted by atomic mass is 32.1. The third-order valence-electron chi connectivity index (χ3n) is 2.09. The van der Waals surface area contributed by atoms with Crippen molar-refractivity contribution in [2.75, 3.05) is 0 Å². The summed E-state index contributed by atoms with van der Waals surface area (Å²) in [7, 11) is 0. The van der Waals surface area contributed by atoms with Crippen molar-refractivity contribution in [3.05, 3.63) is 71.8 Å². The van der Waals surface area contributed by atoms with Gasteiger partial charge in [0.2, 0.25) is 0 Å². The summed E-state index contributed by atoms with van der Waals surface area (Å²) in [5.74, 6) is 0. The number of benzene rings is 2. The maximum Gasteiger partial charge on any atom is 0.0516 e. The first-order valence-electron chi connectivity index (χ1n) is 5.04. The van der Waals surface area contributed by atoms with Gasteiger partial charge >= 0.3 is 0 Å². The molecule has 2 aromatic rings. The van der Waals surface area contributed by atoms with E-state index in [1.807, 2.05) is 60.7 Å². The van der Waals surface area contributed by atoms with Gasteiger partial charge in [-0.15, -0.1) is 0 Å². The second-order valence-corrected chi connectivity index (χ2v) is 3.53. The molecule has 0 aliphatic heterocycles. The maximum absolute atomic E-state index is 8.27. The molecule has 0 saturated heterocycles. The summed E-state index contributed by atoms with van der Waals surface area (Å²) in [6, 6.07) is 19.3. The smallest absolute Gasteiger partial charge is 0.0516 e. The van der Waals surface area contributed by atoms with Crippen LogP contribution in [0.15, 0.2) is 60.7 Å². The number of thiol groups is 1. The van der Waals surface area contributed by atoms with Gasteiger partial charge in [-0.2, -0.15) is 12.6 Å². The second kappa shape index (κ2) is 4.34. The topological polar surface area (TPSA) is 0 Å². The van der Waals surface area contributed by atoms with E-state index >= 15 is 0 Å². The van der Waals surface area contributed by atoms with Crippen molar-refractivity contribution < 1.29 is 1.37 Å². The summed E-state index contributed by atoms with van der Waals surface area (Å²) in [4.78, 5) is 0. The third kappa shape index (κ3) is 1.99. The Morgan fingerprint density at radius 1 is 0.786 bits per heavy atom. The monoisotopic (exact) mass is 201 g/mol. The Bertz CT molecular complexity index is 381. The fourth-order valence-corrected chi connectivity index (χ4v) is 1.66. The Balaban J connectivity index is 2.44. The van der Waals surface area contributed by atoms with Crippen molar-refractivity contribution in [3.8, 4) is 0 Å². The average molecular weight is 201 g/mol. The SMILES string of the molecule is [2H]C(S)(c1ccccc1)c1ccccc1. The van der Waals surface area contributed by atoms with Crippen LogP contribution in [0.3, 0.4) is 0 Å². The van der Waals surface area contributed by atoms with E-state index in [0.29, 0.717) is 0 Å². The Hall–Kier alpha value is -1.21. The number of rotatable bonds is 2. The molecule has 0 radical (unpaired) electrons. The molecule has 0 aliphatic rings. The quantitative estimate of drug-likeness (QED) is 0.704. The molecule has 0 unspecified atom stereocenters. The van der Waals surface area contributed by atoms with Gasteiger partial charge in [-0.3, -0.25) is 0 Å². The first-order chi connectivity index (χ1) is 7.21. The van der Waals surface area contributed by atoms with Crippen LogP contribution in [0.25, 0.3) is 0 Å². The van der Waals surface area contributed by atoms with Gasteiger partial charge in [0.15, 0.2) is 0 Å². The second-order valence-electron chi connectivity index (χ2n) is 3.08. The first kappa shape index (κ1) is 8.13. The lowest BCUT2D eigenvalue weighted by molar-refractivity contribution is 1.17. The van der Waals surface area contributed by atoms with Crippen LogP contribution in [0.2, 0.25) is 0 Å². The van der Waals surface area contributed by atoms with Crippen molar-refractivity contribution in [1.82, 2.24) is 0 Å². The fraction of sp³-hybridized carbons (Fsp3) is 0.0769. The summed E-state index contributed by atoms with van der Waals surface area (Å²) in [5.41, 5.74) is 1.78. The van der Waals surface area contributed by atoms with E-state index < -0.39 is 5.23 Å². The Morgan fingerprint density at radius 2 is 1.14 bits per heavy atom. The zero-order valence-corrected chi connectivity index (χ0v) is 8.62. The highest BCUT2D eigenvalue weighted by Gasteiger charge is 2.06. The van der Waals surface area contributed by atoms with Gasteiger partial charge < -0.3 is 0 Å². The van der Waals surface area contributed by atoms with E-state index in [4.69, 9.17) is 1.37 Å². The molecular formula is C13H12S. The molecule has 0 aromatic heterocycles. The predicted octanol–water partition coefficient (Wildman–Crippen LogP) is 3.71. The standard InChI is InChI=1S/C13H12S/c14-13(11-7-3-1-4-8-11)12-9-5-2-6-10-12/h1-10,13-14H/i13D. The molecule has 0 heterocycles. The lowest BCUT2D eigenvalue weighted by atomic mass is 10.0. The Kier molecular flexibility index (Phi) is 2.52. The van der Waals surface area contributed by atoms with Gasteiger partial charge in [0, 0.05) is 0 Å². The minimum atomic E-state index is -0.970. The zero-order chi connectivity index (χ0) is 10.7. The molecule has 0 amide bonds. The van der Waals surface area contributed by atoms with Crippen molar-refractivity contribution >= 4 is 12.6 Å². The molecule has 0 fully saturated rings. The molecule has 14 heavy (non-hydrogen) atoms. The van der Waals surface area contributed by atoms with E-state index in [-0.39, 0.29) is 0 Å². The van der Waals surface area contributed by atoms with E-state index in [9.17, 15) is 0 Å². The summed E-state index contributed by atoms with van der Waals surface area (Å²) < 4.78 is 8.27. The first-order valence-corrected chi connectivity index (χ1v) is 4.99. The number of hydrogen-bond donors (Lipinski definition) is 1. The van der Waals surface area contributed by atoms with Crippen molar-refractivity contribution in [3.63, 3.8) is 0 Å². The van der Waals surface area contributed by atoms with E-state index in [0.717, 1.165) is 11.1 Å². The van der Waals surface area contributed by atoms with Gasteiger partial charge in [-0.25, -0.2) is 0 Å². The summed E-state index contributed by atoms with van der Waals surface area (Å²) in [6.07, 6.45) is 0. The van der Waals surface area contributed by atoms with Gasteiger partial charge in [-0.05, 0) is 11.1 Å². The molecule has 0 nitrogen and oxygen atoms in total. The maximum atomic E-state index is 8.27. The molecule has 0 N–H and O–H groups in total. The average Bonchev–Trinajstić information content (AvgIpc) is 2.31. The van der Waals surface area contributed by atoms with Crippen LogP contribution in [-0.2, 0) is 0 Å². The van der Waals surface area contributed by atoms with E-state index in [1.54, 1.807) is 0 Å². The lowest BCUT2D eigenvalue weighted by Crippen LogP contribution is -1.91. The van der Waals surface area contributed by atoms with Gasteiger partial charge in [0.05, 0.1) is 6.60 Å². The van der Waals surface area contributed by atoms with Gasteiger partial charge in [-0.1, -0.05) is 60.7 Å². The molecule has 0 spiro atoms. The van der Waals surface area contributed by atoms with Crippen molar-refractivity contribution in [2.45, 2.75) is 5.23 Å². The molecule has 0 aliphatic carbocycles. The summed E-state index contributed by atoms with van der Waals surface area (Å²) in [5, 5.41) is -0.970. The summed E-state index contributed by atoms with van der Waals surface area (Å²) in [6.45, 7) is 0. The molecule has 0 atom stereocenters. The van der Waals surface area contributed by atoms with Crippen LogP contribution in [-0.4, -0.2) is 0 Å². The fourth-order valence-electron chi connectivity index (χ4n) is 1.36. The lowest BCUT2D eigenvalue weighted by Gasteiger charge is -2.10. The van der Waals surface area contributed by atoms with Crippen LogP contribution < -0.4 is 0 Å². The minimum Gasteiger partial charge on any atom is -0.166 e. The molecule has 2 aromatic carbocycles. The minimum absolute atomic E-state index is 0.888. The third-order valence-corrected chi connectivity index (χ3v) is 2.61. The molecule has 0 bridgehead atoms. The van der Waals surface area contributed by atoms with Crippen LogP contribution >= 0.6 is 12.6 Å². The van der Waals surface area contributed by atoms with Crippen LogP contribution in [0.5, 0.6) is 0 Å². The molecule has 0 saturated carbocycles. The highest BCUT2D eigenvalue weighted by molar-refractivity contribution is 7.80. The van der Waals surface area contributed by atoms with Crippen LogP contribution in [0.1, 0.15) is 17.7 Å². The Labute approximate surface area is 91.4 Å². The van der Waals surface area contributed by atoms with Crippen molar-refractivity contribution in [2.24, 2.45) is 0 Å². The largest absolute Gasteiger partial charge is 0.166 e. The zero-order valence-electron chi connectivity index (χ0n) is 8.72. The highest BCUT2D eigenvalue weighted by Crippen LogP contribution is 2.27. The predicted molar refractivity (Wildman–Crippen MR) is 63.7 cm³/mol. The number of hydrogen-bond acceptors (Lipinski definition) is 1. The van der Waals surface area contributed by atoms with Crippen LogP contribution in [0, 0.1) is 0 Å². The van der Waals surface area contributed by atoms with E-state index in [1.165, 1.54) is 0 Å². The molecule has 2 rings (SSSR count). The van der Waals surface area contributed by atoms with Gasteiger partial charge in [0.1, 0.15) is 0 Å². The van der Waals surface area contributed by atoms with Gasteiger partial charge in [0.25, 0.3) is 0 Å². The summed E-state index contributed by atoms with van der Waals surface area (Å²) >= 11 is 4.43. The molecule has 70 valence electrons. The molecule has 1 heteroatoms. The molecular weight excluding hydrogens is 188 g/mol.